The first-order valence-corrected chi connectivity index (χ1v) is 11.9. The topological polar surface area (TPSA) is 132 Å². The summed E-state index contributed by atoms with van der Waals surface area (Å²) in [6.45, 7) is 4.36. The maximum Gasteiger partial charge on any atom is 0.423 e. The van der Waals surface area contributed by atoms with Gasteiger partial charge in [-0.2, -0.15) is 18.3 Å². The SMILES string of the molecule is CC.Nc1nc(-c2cc3ccn(CCCCNc4cn[nH]c(=O)c4C(F)(F)F)c(=O)c3cc2F)ncc1Cl. The molecule has 3 aromatic heterocycles. The van der Waals surface area contributed by atoms with Gasteiger partial charge in [-0.25, -0.2) is 19.5 Å². The van der Waals surface area contributed by atoms with Gasteiger partial charge in [-0.05, 0) is 36.4 Å². The van der Waals surface area contributed by atoms with Crippen molar-refractivity contribution in [3.05, 3.63) is 73.9 Å². The molecule has 0 amide bonds. The molecule has 0 spiro atoms. The number of alkyl halides is 3. The van der Waals surface area contributed by atoms with Crippen LogP contribution in [0.4, 0.5) is 29.1 Å². The van der Waals surface area contributed by atoms with Crippen molar-refractivity contribution in [2.24, 2.45) is 0 Å². The number of fused-ring (bicyclic) bond motifs is 1. The van der Waals surface area contributed by atoms with Crippen molar-refractivity contribution in [1.29, 1.82) is 0 Å². The number of benzene rings is 1. The number of halogens is 5. The third-order valence-electron chi connectivity index (χ3n) is 5.36. The van der Waals surface area contributed by atoms with E-state index in [4.69, 9.17) is 17.3 Å². The van der Waals surface area contributed by atoms with E-state index < -0.39 is 34.4 Å². The average molecular weight is 554 g/mol. The van der Waals surface area contributed by atoms with Gasteiger partial charge in [-0.3, -0.25) is 9.59 Å². The van der Waals surface area contributed by atoms with E-state index >= 15 is 0 Å². The zero-order valence-electron chi connectivity index (χ0n) is 20.4. The summed E-state index contributed by atoms with van der Waals surface area (Å²) in [6.07, 6.45) is -0.333. The number of aryl methyl sites for hydroxylation is 1. The van der Waals surface area contributed by atoms with Crippen molar-refractivity contribution in [2.75, 3.05) is 17.6 Å². The quantitative estimate of drug-likeness (QED) is 0.220. The molecule has 0 saturated heterocycles. The number of nitrogens with zero attached hydrogens (tertiary/aromatic N) is 4. The van der Waals surface area contributed by atoms with Crippen LogP contribution in [0.25, 0.3) is 22.2 Å². The lowest BCUT2D eigenvalue weighted by Crippen LogP contribution is -2.25. The highest BCUT2D eigenvalue weighted by atomic mass is 35.5. The number of H-pyrrole nitrogens is 1. The van der Waals surface area contributed by atoms with Crippen molar-refractivity contribution in [3.8, 4) is 11.4 Å². The first-order chi connectivity index (χ1) is 18.1. The number of hydrogen-bond acceptors (Lipinski definition) is 7. The Morgan fingerprint density at radius 1 is 1.16 bits per heavy atom. The fraction of sp³-hybridized carbons (Fsp3) is 0.292. The number of nitrogens with two attached hydrogens (primary N) is 1. The van der Waals surface area contributed by atoms with Gasteiger partial charge >= 0.3 is 6.18 Å². The number of nitrogen functional groups attached to an aromatic ring is 1. The Labute approximate surface area is 218 Å². The summed E-state index contributed by atoms with van der Waals surface area (Å²) in [6, 6.07) is 4.17. The molecule has 3 heterocycles. The number of unbranched alkanes of at least 4 members (excludes halogenated alkanes) is 1. The van der Waals surface area contributed by atoms with Crippen LogP contribution >= 0.6 is 11.6 Å². The molecule has 0 fully saturated rings. The summed E-state index contributed by atoms with van der Waals surface area (Å²) < 4.78 is 55.4. The summed E-state index contributed by atoms with van der Waals surface area (Å²) in [7, 11) is 0. The number of pyridine rings is 1. The molecule has 4 aromatic rings. The van der Waals surface area contributed by atoms with Crippen LogP contribution in [-0.2, 0) is 12.7 Å². The molecule has 0 atom stereocenters. The Hall–Kier alpha value is -4.00. The van der Waals surface area contributed by atoms with E-state index in [1.54, 1.807) is 17.4 Å². The second kappa shape index (κ2) is 12.0. The van der Waals surface area contributed by atoms with E-state index in [1.165, 1.54) is 16.8 Å². The van der Waals surface area contributed by atoms with Gasteiger partial charge in [0.2, 0.25) is 0 Å². The van der Waals surface area contributed by atoms with E-state index in [-0.39, 0.29) is 40.7 Å². The number of hydrogen-bond donors (Lipinski definition) is 3. The van der Waals surface area contributed by atoms with Gasteiger partial charge in [0.25, 0.3) is 11.1 Å². The van der Waals surface area contributed by atoms with E-state index in [0.29, 0.717) is 18.2 Å². The first kappa shape index (κ1) is 28.6. The molecule has 0 unspecified atom stereocenters. The number of anilines is 2. The van der Waals surface area contributed by atoms with Crippen LogP contribution in [0.1, 0.15) is 32.3 Å². The summed E-state index contributed by atoms with van der Waals surface area (Å²) in [5, 5.41) is 8.45. The lowest BCUT2D eigenvalue weighted by atomic mass is 10.1. The van der Waals surface area contributed by atoms with Gasteiger partial charge < -0.3 is 15.6 Å². The molecule has 202 valence electrons. The van der Waals surface area contributed by atoms with Gasteiger partial charge in [0.1, 0.15) is 22.2 Å². The molecule has 0 aliphatic heterocycles. The second-order valence-electron chi connectivity index (χ2n) is 7.78. The smallest absolute Gasteiger partial charge is 0.383 e. The van der Waals surface area contributed by atoms with E-state index in [1.807, 2.05) is 13.8 Å². The van der Waals surface area contributed by atoms with Crippen LogP contribution in [0, 0.1) is 5.82 Å². The average Bonchev–Trinajstić information content (AvgIpc) is 2.87. The largest absolute Gasteiger partial charge is 0.423 e. The monoisotopic (exact) mass is 553 g/mol. The van der Waals surface area contributed by atoms with E-state index in [2.05, 4.69) is 20.4 Å². The molecule has 4 N–H and O–H groups in total. The maximum atomic E-state index is 14.8. The van der Waals surface area contributed by atoms with Crippen LogP contribution in [0.15, 0.2) is 46.4 Å². The summed E-state index contributed by atoms with van der Waals surface area (Å²) >= 11 is 5.81. The molecule has 0 radical (unpaired) electrons. The predicted molar refractivity (Wildman–Crippen MR) is 138 cm³/mol. The van der Waals surface area contributed by atoms with Crippen molar-refractivity contribution >= 4 is 33.9 Å². The molecule has 38 heavy (non-hydrogen) atoms. The Balaban J connectivity index is 0.00000195. The lowest BCUT2D eigenvalue weighted by molar-refractivity contribution is -0.138. The highest BCUT2D eigenvalue weighted by Crippen LogP contribution is 2.31. The molecular weight excluding hydrogens is 530 g/mol. The highest BCUT2D eigenvalue weighted by Gasteiger charge is 2.37. The standard InChI is InChI=1S/C22H18ClF4N7O2.C2H6/c23-14-9-30-19(32-18(14)28)13-7-11-3-6-34(21(36)12(11)8-15(13)24)5-2-1-4-29-16-10-31-33-20(35)17(16)22(25,26)27;1-2/h3,6-10H,1-2,4-5H2,(H2,28,30,32)(H2,29,33,35);1-2H3. The van der Waals surface area contributed by atoms with Gasteiger partial charge in [-0.1, -0.05) is 25.4 Å². The van der Waals surface area contributed by atoms with Crippen molar-refractivity contribution in [3.63, 3.8) is 0 Å². The summed E-state index contributed by atoms with van der Waals surface area (Å²) in [5.41, 5.74) is 2.18. The summed E-state index contributed by atoms with van der Waals surface area (Å²) in [5.74, 6) is -0.691. The Morgan fingerprint density at radius 2 is 1.89 bits per heavy atom. The number of aromatic nitrogens is 5. The minimum atomic E-state index is -4.83. The highest BCUT2D eigenvalue weighted by molar-refractivity contribution is 6.32. The van der Waals surface area contributed by atoms with Crippen LogP contribution in [0.5, 0.6) is 0 Å². The molecule has 0 aliphatic rings. The van der Waals surface area contributed by atoms with E-state index in [0.717, 1.165) is 12.3 Å². The van der Waals surface area contributed by atoms with Crippen LogP contribution < -0.4 is 22.2 Å². The minimum Gasteiger partial charge on any atom is -0.383 e. The fourth-order valence-corrected chi connectivity index (χ4v) is 3.70. The maximum absolute atomic E-state index is 14.8. The molecular formula is C24H24ClF4N7O2. The van der Waals surface area contributed by atoms with Gasteiger partial charge in [0, 0.05) is 19.3 Å². The molecule has 0 bridgehead atoms. The van der Waals surface area contributed by atoms with Gasteiger partial charge in [-0.15, -0.1) is 0 Å². The zero-order chi connectivity index (χ0) is 28.0. The van der Waals surface area contributed by atoms with Crippen LogP contribution in [0.3, 0.4) is 0 Å². The number of nitrogens with one attached hydrogen (secondary N) is 2. The Morgan fingerprint density at radius 3 is 2.58 bits per heavy atom. The van der Waals surface area contributed by atoms with Gasteiger partial charge in [0.05, 0.1) is 29.0 Å². The zero-order valence-corrected chi connectivity index (χ0v) is 21.1. The third kappa shape index (κ3) is 6.28. The van der Waals surface area contributed by atoms with Crippen molar-refractivity contribution in [2.45, 2.75) is 39.4 Å². The lowest BCUT2D eigenvalue weighted by Gasteiger charge is -2.13. The van der Waals surface area contributed by atoms with Crippen LogP contribution in [0.2, 0.25) is 5.02 Å². The summed E-state index contributed by atoms with van der Waals surface area (Å²) in [4.78, 5) is 32.3. The van der Waals surface area contributed by atoms with Crippen LogP contribution in [-0.4, -0.2) is 31.3 Å². The molecule has 9 nitrogen and oxygen atoms in total. The predicted octanol–water partition coefficient (Wildman–Crippen LogP) is 4.85. The first-order valence-electron chi connectivity index (χ1n) is 11.6. The minimum absolute atomic E-state index is 0.00368. The molecule has 14 heteroatoms. The molecule has 4 rings (SSSR count). The van der Waals surface area contributed by atoms with Crippen molar-refractivity contribution < 1.29 is 17.6 Å². The number of rotatable bonds is 7. The van der Waals surface area contributed by atoms with Gasteiger partial charge in [0.15, 0.2) is 5.82 Å². The third-order valence-corrected chi connectivity index (χ3v) is 5.65. The van der Waals surface area contributed by atoms with Crippen molar-refractivity contribution in [1.82, 2.24) is 24.7 Å². The molecule has 1 aromatic carbocycles. The Bertz CT molecular complexity index is 1550. The second-order valence-corrected chi connectivity index (χ2v) is 8.19. The fourth-order valence-electron chi connectivity index (χ4n) is 3.61. The molecule has 0 saturated carbocycles. The number of aromatic amines is 1. The Kier molecular flexibility index (Phi) is 9.04. The van der Waals surface area contributed by atoms with E-state index in [9.17, 15) is 27.2 Å². The normalized spacial score (nSPS) is 11.2. The molecule has 0 aliphatic carbocycles.